The summed E-state index contributed by atoms with van der Waals surface area (Å²) in [7, 11) is 1.70. The van der Waals surface area contributed by atoms with Crippen LogP contribution < -0.4 is 0 Å². The van der Waals surface area contributed by atoms with Gasteiger partial charge in [0.15, 0.2) is 0 Å². The average molecular weight is 218 g/mol. The molecule has 0 radical (unpaired) electrons. The first kappa shape index (κ1) is 12.6. The van der Waals surface area contributed by atoms with Crippen LogP contribution in [-0.4, -0.2) is 19.6 Å². The molecule has 0 atom stereocenters. The highest BCUT2D eigenvalue weighted by Crippen LogP contribution is 2.45. The van der Waals surface area contributed by atoms with Crippen molar-refractivity contribution in [1.29, 1.82) is 0 Å². The van der Waals surface area contributed by atoms with E-state index in [0.717, 1.165) is 32.4 Å². The van der Waals surface area contributed by atoms with Crippen molar-refractivity contribution in [3.63, 3.8) is 0 Å². The van der Waals surface area contributed by atoms with Crippen LogP contribution in [0.3, 0.4) is 0 Å². The molecule has 1 fully saturated rings. The zero-order chi connectivity index (χ0) is 11.4. The molecule has 0 amide bonds. The first-order chi connectivity index (χ1) is 6.97. The minimum atomic E-state index is -2.67. The van der Waals surface area contributed by atoms with Gasteiger partial charge >= 0.3 is 0 Å². The molecule has 1 aliphatic rings. The van der Waals surface area contributed by atoms with Crippen LogP contribution in [0.1, 0.15) is 39.0 Å². The summed E-state index contributed by atoms with van der Waals surface area (Å²) >= 11 is 0. The van der Waals surface area contributed by atoms with Gasteiger partial charge in [-0.25, -0.2) is 8.78 Å². The lowest BCUT2D eigenvalue weighted by Crippen LogP contribution is -2.33. The predicted octanol–water partition coefficient (Wildman–Crippen LogP) is 3.79. The molecule has 0 aromatic rings. The van der Waals surface area contributed by atoms with E-state index in [0.29, 0.717) is 0 Å². The second-order valence-corrected chi connectivity index (χ2v) is 4.68. The average Bonchev–Trinajstić information content (AvgIpc) is 2.06. The third kappa shape index (κ3) is 4.29. The Bertz CT molecular complexity index is 214. The lowest BCUT2D eigenvalue weighted by atomic mass is 9.66. The van der Waals surface area contributed by atoms with Gasteiger partial charge in [-0.1, -0.05) is 12.5 Å². The molecule has 1 nitrogen and oxygen atoms in total. The van der Waals surface area contributed by atoms with E-state index in [9.17, 15) is 8.78 Å². The summed E-state index contributed by atoms with van der Waals surface area (Å²) in [4.78, 5) is 0. The summed E-state index contributed by atoms with van der Waals surface area (Å²) < 4.78 is 30.1. The molecular weight excluding hydrogens is 198 g/mol. The van der Waals surface area contributed by atoms with Gasteiger partial charge < -0.3 is 4.74 Å². The molecule has 0 aromatic heterocycles. The maximum atomic E-state index is 12.5. The summed E-state index contributed by atoms with van der Waals surface area (Å²) in [6, 6.07) is 0. The fraction of sp³-hybridized carbons (Fsp3) is 0.833. The summed E-state index contributed by atoms with van der Waals surface area (Å²) in [6.07, 6.45) is 7.88. The van der Waals surface area contributed by atoms with Gasteiger partial charge in [0.2, 0.25) is 0 Å². The molecule has 15 heavy (non-hydrogen) atoms. The Kier molecular flexibility index (Phi) is 4.26. The molecule has 0 N–H and O–H groups in total. The van der Waals surface area contributed by atoms with Gasteiger partial charge in [-0.3, -0.25) is 0 Å². The van der Waals surface area contributed by atoms with Crippen LogP contribution in [0.2, 0.25) is 0 Å². The Morgan fingerprint density at radius 3 is 2.47 bits per heavy atom. The highest BCUT2D eigenvalue weighted by atomic mass is 19.3. The third-order valence-corrected chi connectivity index (χ3v) is 3.12. The van der Waals surface area contributed by atoms with Gasteiger partial charge in [0.1, 0.15) is 0 Å². The molecule has 0 aliphatic heterocycles. The van der Waals surface area contributed by atoms with Crippen LogP contribution in [0.15, 0.2) is 12.2 Å². The van der Waals surface area contributed by atoms with Gasteiger partial charge in [-0.2, -0.15) is 0 Å². The van der Waals surface area contributed by atoms with Crippen LogP contribution in [-0.2, 0) is 4.74 Å². The molecule has 88 valence electrons. The largest absolute Gasteiger partial charge is 0.384 e. The molecule has 1 aliphatic carbocycles. The molecule has 0 bridgehead atoms. The lowest BCUT2D eigenvalue weighted by Gasteiger charge is -2.41. The monoisotopic (exact) mass is 218 g/mol. The van der Waals surface area contributed by atoms with Crippen LogP contribution in [0.25, 0.3) is 0 Å². The minimum absolute atomic E-state index is 0.280. The normalized spacial score (nSPS) is 20.5. The summed E-state index contributed by atoms with van der Waals surface area (Å²) in [6.45, 7) is 1.68. The number of rotatable bonds is 6. The quantitative estimate of drug-likeness (QED) is 0.616. The maximum Gasteiger partial charge on any atom is 0.263 e. The number of ether oxygens (including phenoxy) is 1. The summed E-state index contributed by atoms with van der Waals surface area (Å²) in [5.74, 6) is -2.67. The maximum absolute atomic E-state index is 12.5. The van der Waals surface area contributed by atoms with Crippen molar-refractivity contribution in [2.24, 2.45) is 5.41 Å². The fourth-order valence-corrected chi connectivity index (χ4v) is 2.13. The predicted molar refractivity (Wildman–Crippen MR) is 57.2 cm³/mol. The van der Waals surface area contributed by atoms with Crippen LogP contribution in [0.4, 0.5) is 8.78 Å². The molecular formula is C12H20F2O. The Morgan fingerprint density at radius 2 is 2.07 bits per heavy atom. The molecule has 0 saturated heterocycles. The van der Waals surface area contributed by atoms with Crippen molar-refractivity contribution < 1.29 is 13.5 Å². The van der Waals surface area contributed by atoms with E-state index in [-0.39, 0.29) is 5.41 Å². The number of halogens is 2. The zero-order valence-electron chi connectivity index (χ0n) is 9.56. The second kappa shape index (κ2) is 5.06. The Labute approximate surface area is 90.5 Å². The number of allylic oxidation sites excluding steroid dienone is 2. The third-order valence-electron chi connectivity index (χ3n) is 3.12. The SMILES string of the molecule is COCC1(CC/C=C/C(C)(F)F)CCC1. The van der Waals surface area contributed by atoms with Crippen molar-refractivity contribution in [3.05, 3.63) is 12.2 Å². The van der Waals surface area contributed by atoms with E-state index in [1.165, 1.54) is 19.3 Å². The molecule has 0 spiro atoms. The first-order valence-corrected chi connectivity index (χ1v) is 5.52. The Morgan fingerprint density at radius 1 is 1.40 bits per heavy atom. The topological polar surface area (TPSA) is 9.23 Å². The Balaban J connectivity index is 2.26. The van der Waals surface area contributed by atoms with Crippen molar-refractivity contribution in [3.8, 4) is 0 Å². The fourth-order valence-electron chi connectivity index (χ4n) is 2.13. The van der Waals surface area contributed by atoms with E-state index in [4.69, 9.17) is 4.74 Å². The van der Waals surface area contributed by atoms with E-state index < -0.39 is 5.92 Å². The van der Waals surface area contributed by atoms with Gasteiger partial charge in [0, 0.05) is 14.0 Å². The smallest absolute Gasteiger partial charge is 0.263 e. The zero-order valence-corrected chi connectivity index (χ0v) is 9.56. The highest BCUT2D eigenvalue weighted by molar-refractivity contribution is 4.95. The summed E-state index contributed by atoms with van der Waals surface area (Å²) in [5, 5.41) is 0. The minimum Gasteiger partial charge on any atom is -0.384 e. The summed E-state index contributed by atoms with van der Waals surface area (Å²) in [5.41, 5.74) is 0.280. The Hall–Kier alpha value is -0.440. The van der Waals surface area contributed by atoms with Gasteiger partial charge in [0.05, 0.1) is 6.61 Å². The van der Waals surface area contributed by atoms with Gasteiger partial charge in [0.25, 0.3) is 5.92 Å². The molecule has 1 saturated carbocycles. The highest BCUT2D eigenvalue weighted by Gasteiger charge is 2.35. The van der Waals surface area contributed by atoms with Crippen LogP contribution in [0, 0.1) is 5.41 Å². The standard InChI is InChI=1S/C12H20F2O/c1-11(13,14)6-3-4-7-12(10-15-2)8-5-9-12/h3,6H,4-5,7-10H2,1-2H3/b6-3+. The van der Waals surface area contributed by atoms with Gasteiger partial charge in [-0.15, -0.1) is 0 Å². The van der Waals surface area contributed by atoms with Crippen molar-refractivity contribution in [1.82, 2.24) is 0 Å². The number of methoxy groups -OCH3 is 1. The van der Waals surface area contributed by atoms with Crippen molar-refractivity contribution >= 4 is 0 Å². The van der Waals surface area contributed by atoms with E-state index in [2.05, 4.69) is 0 Å². The molecule has 0 heterocycles. The molecule has 3 heteroatoms. The van der Waals surface area contributed by atoms with E-state index >= 15 is 0 Å². The first-order valence-electron chi connectivity index (χ1n) is 5.52. The second-order valence-electron chi connectivity index (χ2n) is 4.68. The van der Waals surface area contributed by atoms with Crippen molar-refractivity contribution in [2.75, 3.05) is 13.7 Å². The number of alkyl halides is 2. The van der Waals surface area contributed by atoms with Crippen LogP contribution >= 0.6 is 0 Å². The van der Waals surface area contributed by atoms with E-state index in [1.54, 1.807) is 13.2 Å². The van der Waals surface area contributed by atoms with Gasteiger partial charge in [-0.05, 0) is 37.2 Å². The molecule has 0 unspecified atom stereocenters. The lowest BCUT2D eigenvalue weighted by molar-refractivity contribution is 0.0110. The van der Waals surface area contributed by atoms with E-state index in [1.807, 2.05) is 0 Å². The number of hydrogen-bond acceptors (Lipinski definition) is 1. The molecule has 1 rings (SSSR count). The molecule has 0 aromatic carbocycles. The van der Waals surface area contributed by atoms with Crippen LogP contribution in [0.5, 0.6) is 0 Å². The van der Waals surface area contributed by atoms with Crippen molar-refractivity contribution in [2.45, 2.75) is 45.0 Å². The number of hydrogen-bond donors (Lipinski definition) is 0.